The second-order valence-electron chi connectivity index (χ2n) is 4.74. The third-order valence-corrected chi connectivity index (χ3v) is 3.52. The second-order valence-corrected chi connectivity index (χ2v) is 4.74. The molecule has 3 rings (SSSR count). The van der Waals surface area contributed by atoms with Crippen molar-refractivity contribution in [2.24, 2.45) is 5.92 Å². The zero-order valence-electron chi connectivity index (χ0n) is 9.16. The van der Waals surface area contributed by atoms with E-state index in [2.05, 4.69) is 43.4 Å². The van der Waals surface area contributed by atoms with Crippen molar-refractivity contribution in [1.29, 1.82) is 0 Å². The van der Waals surface area contributed by atoms with Crippen molar-refractivity contribution in [3.8, 4) is 0 Å². The van der Waals surface area contributed by atoms with Gasteiger partial charge in [-0.3, -0.25) is 0 Å². The van der Waals surface area contributed by atoms with Crippen LogP contribution in [0.25, 0.3) is 5.57 Å². The van der Waals surface area contributed by atoms with Crippen LogP contribution in [0, 0.1) is 5.92 Å². The standard InChI is InChI=1S/C15H16/c1-11-3-2-4-13(9-11)15-8-6-12-5-7-14(12)10-15/h2-4,6,8,10-11H,5,7,9H2,1H3. The summed E-state index contributed by atoms with van der Waals surface area (Å²) < 4.78 is 0. The van der Waals surface area contributed by atoms with Crippen LogP contribution in [0.4, 0.5) is 0 Å². The molecule has 0 saturated carbocycles. The van der Waals surface area contributed by atoms with Gasteiger partial charge in [0.15, 0.2) is 0 Å². The van der Waals surface area contributed by atoms with Gasteiger partial charge in [-0.1, -0.05) is 43.4 Å². The molecule has 76 valence electrons. The Kier molecular flexibility index (Phi) is 2.02. The molecule has 0 fully saturated rings. The molecule has 15 heavy (non-hydrogen) atoms. The number of aryl methyl sites for hydroxylation is 2. The maximum Gasteiger partial charge on any atom is -0.0212 e. The van der Waals surface area contributed by atoms with Crippen LogP contribution in [0.5, 0.6) is 0 Å². The van der Waals surface area contributed by atoms with E-state index in [1.165, 1.54) is 30.4 Å². The molecule has 1 atom stereocenters. The Balaban J connectivity index is 1.95. The number of rotatable bonds is 1. The lowest BCUT2D eigenvalue weighted by molar-refractivity contribution is 0.748. The highest BCUT2D eigenvalue weighted by Crippen LogP contribution is 2.31. The van der Waals surface area contributed by atoms with Gasteiger partial charge in [-0.2, -0.15) is 0 Å². The van der Waals surface area contributed by atoms with Crippen LogP contribution in [0.15, 0.2) is 36.4 Å². The van der Waals surface area contributed by atoms with Gasteiger partial charge in [0.1, 0.15) is 0 Å². The Labute approximate surface area is 91.3 Å². The van der Waals surface area contributed by atoms with Gasteiger partial charge in [0, 0.05) is 0 Å². The Hall–Kier alpha value is -1.30. The highest BCUT2D eigenvalue weighted by Gasteiger charge is 2.15. The number of fused-ring (bicyclic) bond motifs is 1. The second kappa shape index (κ2) is 3.37. The summed E-state index contributed by atoms with van der Waals surface area (Å²) in [5, 5.41) is 0. The molecule has 1 aromatic rings. The quantitative estimate of drug-likeness (QED) is 0.641. The molecule has 1 aromatic carbocycles. The fourth-order valence-corrected chi connectivity index (χ4v) is 2.45. The van der Waals surface area contributed by atoms with Crippen LogP contribution in [-0.4, -0.2) is 0 Å². The summed E-state index contributed by atoms with van der Waals surface area (Å²) in [6, 6.07) is 6.98. The summed E-state index contributed by atoms with van der Waals surface area (Å²) in [6.07, 6.45) is 10.5. The largest absolute Gasteiger partial charge is 0.0814 e. The maximum atomic E-state index is 2.39. The van der Waals surface area contributed by atoms with Gasteiger partial charge in [0.2, 0.25) is 0 Å². The predicted octanol–water partition coefficient (Wildman–Crippen LogP) is 3.76. The Morgan fingerprint density at radius 3 is 2.67 bits per heavy atom. The van der Waals surface area contributed by atoms with E-state index in [1.54, 1.807) is 11.1 Å². The molecule has 0 heteroatoms. The van der Waals surface area contributed by atoms with E-state index in [0.717, 1.165) is 0 Å². The number of benzene rings is 1. The molecule has 1 unspecified atom stereocenters. The van der Waals surface area contributed by atoms with Crippen molar-refractivity contribution in [1.82, 2.24) is 0 Å². The molecular weight excluding hydrogens is 180 g/mol. The molecule has 0 radical (unpaired) electrons. The van der Waals surface area contributed by atoms with Gasteiger partial charge in [0.05, 0.1) is 0 Å². The normalized spacial score (nSPS) is 23.0. The minimum absolute atomic E-state index is 0.691. The lowest BCUT2D eigenvalue weighted by Gasteiger charge is -2.21. The van der Waals surface area contributed by atoms with Gasteiger partial charge < -0.3 is 0 Å². The number of allylic oxidation sites excluding steroid dienone is 4. The van der Waals surface area contributed by atoms with Crippen LogP contribution in [0.1, 0.15) is 30.0 Å². The van der Waals surface area contributed by atoms with Crippen LogP contribution in [0.3, 0.4) is 0 Å². The van der Waals surface area contributed by atoms with E-state index in [9.17, 15) is 0 Å². The summed E-state index contributed by atoms with van der Waals surface area (Å²) >= 11 is 0. The topological polar surface area (TPSA) is 0 Å². The molecular formula is C15H16. The SMILES string of the molecule is CC1C=CC=C(c2ccc3c(c2)CC3)C1. The number of hydrogen-bond donors (Lipinski definition) is 0. The molecule has 0 amide bonds. The van der Waals surface area contributed by atoms with E-state index in [4.69, 9.17) is 0 Å². The molecule has 0 saturated heterocycles. The lowest BCUT2D eigenvalue weighted by Crippen LogP contribution is -2.08. The Morgan fingerprint density at radius 2 is 2.00 bits per heavy atom. The minimum Gasteiger partial charge on any atom is -0.0814 e. The Bertz CT molecular complexity index is 449. The molecule has 2 aliphatic rings. The first kappa shape index (κ1) is 8.96. The van der Waals surface area contributed by atoms with Gasteiger partial charge in [0.25, 0.3) is 0 Å². The van der Waals surface area contributed by atoms with Crippen LogP contribution >= 0.6 is 0 Å². The van der Waals surface area contributed by atoms with Crippen LogP contribution < -0.4 is 0 Å². The average molecular weight is 196 g/mol. The minimum atomic E-state index is 0.691. The summed E-state index contributed by atoms with van der Waals surface area (Å²) in [7, 11) is 0. The third-order valence-electron chi connectivity index (χ3n) is 3.52. The molecule has 0 heterocycles. The fraction of sp³-hybridized carbons (Fsp3) is 0.333. The zero-order chi connectivity index (χ0) is 10.3. The summed E-state index contributed by atoms with van der Waals surface area (Å²) in [5.41, 5.74) is 6.05. The summed E-state index contributed by atoms with van der Waals surface area (Å²) in [6.45, 7) is 2.28. The van der Waals surface area contributed by atoms with Crippen LogP contribution in [0.2, 0.25) is 0 Å². The maximum absolute atomic E-state index is 2.39. The highest BCUT2D eigenvalue weighted by atomic mass is 14.2. The lowest BCUT2D eigenvalue weighted by atomic mass is 9.84. The highest BCUT2D eigenvalue weighted by molar-refractivity contribution is 5.69. The van der Waals surface area contributed by atoms with Crippen molar-refractivity contribution in [3.05, 3.63) is 53.1 Å². The molecule has 0 N–H and O–H groups in total. The van der Waals surface area contributed by atoms with Crippen molar-refractivity contribution in [2.75, 3.05) is 0 Å². The van der Waals surface area contributed by atoms with Gasteiger partial charge >= 0.3 is 0 Å². The van der Waals surface area contributed by atoms with Crippen molar-refractivity contribution in [3.63, 3.8) is 0 Å². The first-order valence-electron chi connectivity index (χ1n) is 5.82. The van der Waals surface area contributed by atoms with Gasteiger partial charge in [-0.15, -0.1) is 0 Å². The van der Waals surface area contributed by atoms with Crippen molar-refractivity contribution < 1.29 is 0 Å². The first-order valence-corrected chi connectivity index (χ1v) is 5.82. The van der Waals surface area contributed by atoms with E-state index in [0.29, 0.717) is 5.92 Å². The van der Waals surface area contributed by atoms with E-state index in [-0.39, 0.29) is 0 Å². The predicted molar refractivity (Wildman–Crippen MR) is 64.7 cm³/mol. The zero-order valence-corrected chi connectivity index (χ0v) is 9.16. The third kappa shape index (κ3) is 1.54. The smallest absolute Gasteiger partial charge is 0.0212 e. The van der Waals surface area contributed by atoms with Crippen molar-refractivity contribution >= 4 is 5.57 Å². The number of hydrogen-bond acceptors (Lipinski definition) is 0. The molecule has 0 aromatic heterocycles. The van der Waals surface area contributed by atoms with E-state index >= 15 is 0 Å². The summed E-state index contributed by atoms with van der Waals surface area (Å²) in [5.74, 6) is 0.691. The Morgan fingerprint density at radius 1 is 1.13 bits per heavy atom. The van der Waals surface area contributed by atoms with E-state index < -0.39 is 0 Å². The van der Waals surface area contributed by atoms with Crippen LogP contribution in [-0.2, 0) is 12.8 Å². The van der Waals surface area contributed by atoms with Crippen molar-refractivity contribution in [2.45, 2.75) is 26.2 Å². The fourth-order valence-electron chi connectivity index (χ4n) is 2.45. The molecule has 0 aliphatic heterocycles. The molecule has 0 nitrogen and oxygen atoms in total. The monoisotopic (exact) mass is 196 g/mol. The summed E-state index contributed by atoms with van der Waals surface area (Å²) in [4.78, 5) is 0. The molecule has 2 aliphatic carbocycles. The van der Waals surface area contributed by atoms with E-state index in [1.807, 2.05) is 0 Å². The first-order chi connectivity index (χ1) is 7.33. The molecule has 0 bridgehead atoms. The molecule has 0 spiro atoms. The average Bonchev–Trinajstić information content (AvgIpc) is 2.20. The van der Waals surface area contributed by atoms with Gasteiger partial charge in [-0.05, 0) is 47.4 Å². The van der Waals surface area contributed by atoms with Gasteiger partial charge in [-0.25, -0.2) is 0 Å².